The highest BCUT2D eigenvalue weighted by Gasteiger charge is 2.17. The van der Waals surface area contributed by atoms with Crippen LogP contribution in [0.15, 0.2) is 42.7 Å². The summed E-state index contributed by atoms with van der Waals surface area (Å²) in [6, 6.07) is 8.62. The maximum absolute atomic E-state index is 11.8. The topological polar surface area (TPSA) is 82.8 Å². The van der Waals surface area contributed by atoms with Gasteiger partial charge in [0, 0.05) is 23.0 Å². The van der Waals surface area contributed by atoms with Crippen LogP contribution in [-0.2, 0) is 4.74 Å². The predicted molar refractivity (Wildman–Crippen MR) is 78.7 cm³/mol. The van der Waals surface area contributed by atoms with E-state index < -0.39 is 5.97 Å². The molecule has 0 aliphatic heterocycles. The molecule has 0 unspecified atom stereocenters. The van der Waals surface area contributed by atoms with E-state index in [-0.39, 0.29) is 5.56 Å². The van der Waals surface area contributed by atoms with E-state index in [2.05, 4.69) is 20.4 Å². The van der Waals surface area contributed by atoms with Crippen molar-refractivity contribution in [2.24, 2.45) is 0 Å². The normalized spacial score (nSPS) is 10.5. The Labute approximate surface area is 130 Å². The zero-order chi connectivity index (χ0) is 15.5. The minimum Gasteiger partial charge on any atom is -0.465 e. The van der Waals surface area contributed by atoms with Crippen molar-refractivity contribution in [3.63, 3.8) is 0 Å². The number of carbonyl (C=O) groups excluding carboxylic acids is 1. The van der Waals surface area contributed by atoms with Gasteiger partial charge >= 0.3 is 5.97 Å². The smallest absolute Gasteiger partial charge is 0.340 e. The molecule has 2 aromatic heterocycles. The standard InChI is InChI=1S/C14H10ClN5O2/c1-22-14(21)12-8-16-7-6-11(12)13-17-19-20(18-13)10-4-2-9(15)3-5-10/h2-8H,1H3. The van der Waals surface area contributed by atoms with Gasteiger partial charge in [-0.15, -0.1) is 15.0 Å². The summed E-state index contributed by atoms with van der Waals surface area (Å²) in [5.74, 6) is -0.205. The largest absolute Gasteiger partial charge is 0.465 e. The van der Waals surface area contributed by atoms with Crippen molar-refractivity contribution < 1.29 is 9.53 Å². The Balaban J connectivity index is 2.01. The van der Waals surface area contributed by atoms with Gasteiger partial charge in [-0.2, -0.15) is 0 Å². The first-order chi connectivity index (χ1) is 10.7. The third-order valence-electron chi connectivity index (χ3n) is 2.94. The molecule has 0 aliphatic rings. The number of nitrogens with zero attached hydrogens (tertiary/aromatic N) is 5. The zero-order valence-electron chi connectivity index (χ0n) is 11.5. The second-order valence-corrected chi connectivity index (χ2v) is 4.73. The third-order valence-corrected chi connectivity index (χ3v) is 3.19. The summed E-state index contributed by atoms with van der Waals surface area (Å²) in [6.45, 7) is 0. The van der Waals surface area contributed by atoms with Crippen LogP contribution in [0, 0.1) is 0 Å². The third kappa shape index (κ3) is 2.66. The van der Waals surface area contributed by atoms with E-state index >= 15 is 0 Å². The van der Waals surface area contributed by atoms with Gasteiger partial charge in [-0.3, -0.25) is 4.98 Å². The Kier molecular flexibility index (Phi) is 3.80. The van der Waals surface area contributed by atoms with Crippen molar-refractivity contribution in [2.75, 3.05) is 7.11 Å². The van der Waals surface area contributed by atoms with E-state index in [1.54, 1.807) is 36.5 Å². The van der Waals surface area contributed by atoms with Gasteiger partial charge in [0.25, 0.3) is 0 Å². The van der Waals surface area contributed by atoms with E-state index in [0.29, 0.717) is 22.1 Å². The minimum atomic E-state index is -0.508. The van der Waals surface area contributed by atoms with Crippen LogP contribution in [0.1, 0.15) is 10.4 Å². The highest BCUT2D eigenvalue weighted by atomic mass is 35.5. The molecule has 0 N–H and O–H groups in total. The summed E-state index contributed by atoms with van der Waals surface area (Å²) in [4.78, 5) is 17.0. The molecule has 110 valence electrons. The molecule has 3 aromatic rings. The fraction of sp³-hybridized carbons (Fsp3) is 0.0714. The summed E-state index contributed by atoms with van der Waals surface area (Å²) in [5, 5.41) is 12.8. The second kappa shape index (κ2) is 5.90. The Morgan fingerprint density at radius 1 is 1.23 bits per heavy atom. The van der Waals surface area contributed by atoms with Gasteiger partial charge in [0.05, 0.1) is 18.4 Å². The SMILES string of the molecule is COC(=O)c1cnccc1-c1nnn(-c2ccc(Cl)cc2)n1. The number of halogens is 1. The van der Waals surface area contributed by atoms with E-state index in [1.165, 1.54) is 18.1 Å². The molecule has 0 aliphatic carbocycles. The van der Waals surface area contributed by atoms with E-state index in [1.807, 2.05) is 0 Å². The number of esters is 1. The van der Waals surface area contributed by atoms with Crippen LogP contribution in [0.4, 0.5) is 0 Å². The van der Waals surface area contributed by atoms with Gasteiger partial charge in [-0.05, 0) is 35.5 Å². The van der Waals surface area contributed by atoms with Crippen molar-refractivity contribution in [1.29, 1.82) is 0 Å². The average Bonchev–Trinajstić information content (AvgIpc) is 3.04. The van der Waals surface area contributed by atoms with Gasteiger partial charge in [-0.25, -0.2) is 4.79 Å². The molecular weight excluding hydrogens is 306 g/mol. The second-order valence-electron chi connectivity index (χ2n) is 4.29. The number of hydrogen-bond donors (Lipinski definition) is 0. The summed E-state index contributed by atoms with van der Waals surface area (Å²) in [5.41, 5.74) is 1.49. The number of rotatable bonds is 3. The highest BCUT2D eigenvalue weighted by Crippen LogP contribution is 2.20. The number of carbonyl (C=O) groups is 1. The summed E-state index contributed by atoms with van der Waals surface area (Å²) >= 11 is 5.85. The molecule has 8 heteroatoms. The first kappa shape index (κ1) is 14.2. The van der Waals surface area contributed by atoms with E-state index in [9.17, 15) is 4.79 Å². The number of hydrogen-bond acceptors (Lipinski definition) is 6. The van der Waals surface area contributed by atoms with Gasteiger partial charge in [0.1, 0.15) is 0 Å². The van der Waals surface area contributed by atoms with Gasteiger partial charge < -0.3 is 4.74 Å². The van der Waals surface area contributed by atoms with Crippen LogP contribution >= 0.6 is 11.6 Å². The fourth-order valence-corrected chi connectivity index (χ4v) is 1.99. The van der Waals surface area contributed by atoms with Crippen LogP contribution < -0.4 is 0 Å². The van der Waals surface area contributed by atoms with Crippen LogP contribution in [-0.4, -0.2) is 38.3 Å². The van der Waals surface area contributed by atoms with Crippen molar-refractivity contribution in [2.45, 2.75) is 0 Å². The Morgan fingerprint density at radius 3 is 2.73 bits per heavy atom. The molecule has 1 aromatic carbocycles. The summed E-state index contributed by atoms with van der Waals surface area (Å²) in [6.07, 6.45) is 2.95. The molecule has 3 rings (SSSR count). The van der Waals surface area contributed by atoms with Gasteiger partial charge in [0.15, 0.2) is 0 Å². The maximum atomic E-state index is 11.8. The lowest BCUT2D eigenvalue weighted by atomic mass is 10.1. The number of methoxy groups -OCH3 is 1. The molecule has 0 amide bonds. The van der Waals surface area contributed by atoms with Crippen molar-refractivity contribution >= 4 is 17.6 Å². The summed E-state index contributed by atoms with van der Waals surface area (Å²) in [7, 11) is 1.30. The number of tetrazole rings is 1. The quantitative estimate of drug-likeness (QED) is 0.689. The molecular formula is C14H10ClN5O2. The summed E-state index contributed by atoms with van der Waals surface area (Å²) < 4.78 is 4.73. The van der Waals surface area contributed by atoms with E-state index in [0.717, 1.165) is 0 Å². The molecule has 0 bridgehead atoms. The monoisotopic (exact) mass is 315 g/mol. The number of aromatic nitrogens is 5. The lowest BCUT2D eigenvalue weighted by molar-refractivity contribution is 0.0601. The average molecular weight is 316 g/mol. The molecule has 0 spiro atoms. The molecule has 2 heterocycles. The molecule has 0 fully saturated rings. The van der Waals surface area contributed by atoms with Gasteiger partial charge in [-0.1, -0.05) is 11.6 Å². The molecule has 7 nitrogen and oxygen atoms in total. The Hall–Kier alpha value is -2.80. The van der Waals surface area contributed by atoms with Crippen LogP contribution in [0.5, 0.6) is 0 Å². The van der Waals surface area contributed by atoms with Crippen LogP contribution in [0.3, 0.4) is 0 Å². The van der Waals surface area contributed by atoms with Crippen LogP contribution in [0.2, 0.25) is 5.02 Å². The van der Waals surface area contributed by atoms with Crippen molar-refractivity contribution in [3.05, 3.63) is 53.3 Å². The molecule has 0 saturated carbocycles. The number of pyridine rings is 1. The molecule has 0 radical (unpaired) electrons. The van der Waals surface area contributed by atoms with Gasteiger partial charge in [0.2, 0.25) is 5.82 Å². The molecule has 22 heavy (non-hydrogen) atoms. The number of ether oxygens (including phenoxy) is 1. The fourth-order valence-electron chi connectivity index (χ4n) is 1.87. The highest BCUT2D eigenvalue weighted by molar-refractivity contribution is 6.30. The maximum Gasteiger partial charge on any atom is 0.340 e. The zero-order valence-corrected chi connectivity index (χ0v) is 12.2. The van der Waals surface area contributed by atoms with E-state index in [4.69, 9.17) is 16.3 Å². The first-order valence-corrected chi connectivity index (χ1v) is 6.65. The minimum absolute atomic E-state index is 0.278. The van der Waals surface area contributed by atoms with Crippen LogP contribution in [0.25, 0.3) is 17.1 Å². The van der Waals surface area contributed by atoms with Crippen molar-refractivity contribution in [3.8, 4) is 17.1 Å². The molecule has 0 atom stereocenters. The first-order valence-electron chi connectivity index (χ1n) is 6.27. The Bertz CT molecular complexity index is 816. The lowest BCUT2D eigenvalue weighted by Crippen LogP contribution is -2.05. The number of benzene rings is 1. The lowest BCUT2D eigenvalue weighted by Gasteiger charge is -2.02. The Morgan fingerprint density at radius 2 is 2.00 bits per heavy atom. The predicted octanol–water partition coefficient (Wildman–Crippen LogP) is 2.16. The molecule has 0 saturated heterocycles. The van der Waals surface area contributed by atoms with Crippen molar-refractivity contribution in [1.82, 2.24) is 25.2 Å².